The van der Waals surface area contributed by atoms with Gasteiger partial charge < -0.3 is 19.8 Å². The number of quaternary nitrogens is 1. The molecule has 0 aromatic heterocycles. The van der Waals surface area contributed by atoms with Crippen LogP contribution >= 0.6 is 7.82 Å². The fourth-order valence-electron chi connectivity index (χ4n) is 6.86. The van der Waals surface area contributed by atoms with Gasteiger partial charge in [-0.05, 0) is 44.9 Å². The first-order chi connectivity index (χ1) is 27.0. The number of rotatable bonds is 43. The number of allylic oxidation sites excluding steroid dienone is 3. The number of amides is 1. The Morgan fingerprint density at radius 1 is 0.589 bits per heavy atom. The molecule has 0 spiro atoms. The van der Waals surface area contributed by atoms with E-state index in [-0.39, 0.29) is 19.1 Å². The van der Waals surface area contributed by atoms with Crippen molar-refractivity contribution in [1.29, 1.82) is 0 Å². The third-order valence-corrected chi connectivity index (χ3v) is 11.6. The van der Waals surface area contributed by atoms with Crippen LogP contribution in [0.3, 0.4) is 0 Å². The number of carbonyl (C=O) groups excluding carboxylic acids is 1. The van der Waals surface area contributed by atoms with Gasteiger partial charge in [0.2, 0.25) is 5.91 Å². The number of likely N-dealkylation sites (N-methyl/N-ethyl adjacent to an activating group) is 1. The van der Waals surface area contributed by atoms with Crippen molar-refractivity contribution in [3.05, 3.63) is 24.3 Å². The van der Waals surface area contributed by atoms with Crippen LogP contribution in [0.2, 0.25) is 0 Å². The molecule has 332 valence electrons. The molecule has 0 rings (SSSR count). The molecule has 56 heavy (non-hydrogen) atoms. The van der Waals surface area contributed by atoms with Crippen molar-refractivity contribution < 1.29 is 32.9 Å². The Labute approximate surface area is 347 Å². The lowest BCUT2D eigenvalue weighted by atomic mass is 10.0. The normalized spacial score (nSPS) is 14.5. The van der Waals surface area contributed by atoms with Crippen LogP contribution in [0.4, 0.5) is 0 Å². The number of nitrogens with zero attached hydrogens (tertiary/aromatic N) is 1. The highest BCUT2D eigenvalue weighted by atomic mass is 31.2. The minimum Gasteiger partial charge on any atom is -0.387 e. The van der Waals surface area contributed by atoms with Gasteiger partial charge in [0, 0.05) is 6.42 Å². The average Bonchev–Trinajstić information content (AvgIpc) is 3.15. The number of hydrogen-bond donors (Lipinski definition) is 3. The summed E-state index contributed by atoms with van der Waals surface area (Å²) in [5, 5.41) is 13.8. The zero-order chi connectivity index (χ0) is 41.4. The molecule has 3 atom stereocenters. The van der Waals surface area contributed by atoms with E-state index in [0.29, 0.717) is 17.4 Å². The van der Waals surface area contributed by atoms with Crippen LogP contribution in [0.15, 0.2) is 24.3 Å². The maximum Gasteiger partial charge on any atom is 0.472 e. The largest absolute Gasteiger partial charge is 0.472 e. The molecule has 8 nitrogen and oxygen atoms in total. The van der Waals surface area contributed by atoms with Crippen molar-refractivity contribution in [3.63, 3.8) is 0 Å². The molecule has 0 heterocycles. The van der Waals surface area contributed by atoms with Crippen LogP contribution in [0.25, 0.3) is 0 Å². The molecule has 3 unspecified atom stereocenters. The molecule has 0 radical (unpaired) electrons. The SMILES string of the molecule is CCCCCC/C=C\CCCCCCCC(=O)NC(COP(=O)(O)OCC[N+](C)(C)C)C(O)/C=C/CCCCCCCCCCCCCCCCCCCCC. The maximum absolute atomic E-state index is 12.9. The summed E-state index contributed by atoms with van der Waals surface area (Å²) in [4.78, 5) is 23.1. The Kier molecular flexibility index (Phi) is 38.7. The number of aliphatic hydroxyl groups excluding tert-OH is 1. The van der Waals surface area contributed by atoms with E-state index >= 15 is 0 Å². The molecule has 9 heteroatoms. The van der Waals surface area contributed by atoms with Crippen LogP contribution in [-0.4, -0.2) is 73.4 Å². The molecule has 0 aliphatic carbocycles. The molecule has 1 amide bonds. The van der Waals surface area contributed by atoms with E-state index in [9.17, 15) is 19.4 Å². The Morgan fingerprint density at radius 2 is 0.964 bits per heavy atom. The summed E-state index contributed by atoms with van der Waals surface area (Å²) in [6.07, 6.45) is 46.8. The zero-order valence-corrected chi connectivity index (χ0v) is 38.5. The van der Waals surface area contributed by atoms with Gasteiger partial charge in [0.15, 0.2) is 0 Å². The van der Waals surface area contributed by atoms with Crippen LogP contribution in [-0.2, 0) is 18.4 Å². The number of nitrogens with one attached hydrogen (secondary N) is 1. The Hall–Kier alpha value is -1.02. The molecule has 0 bridgehead atoms. The number of unbranched alkanes of at least 4 members (excludes halogenated alkanes) is 28. The van der Waals surface area contributed by atoms with Crippen molar-refractivity contribution in [2.45, 2.75) is 231 Å². The quantitative estimate of drug-likeness (QED) is 0.0245. The molecule has 0 saturated carbocycles. The van der Waals surface area contributed by atoms with E-state index in [2.05, 4.69) is 31.3 Å². The lowest BCUT2D eigenvalue weighted by molar-refractivity contribution is -0.870. The predicted molar refractivity (Wildman–Crippen MR) is 240 cm³/mol. The Morgan fingerprint density at radius 3 is 1.39 bits per heavy atom. The molecular weight excluding hydrogens is 719 g/mol. The molecule has 3 N–H and O–H groups in total. The van der Waals surface area contributed by atoms with Crippen LogP contribution in [0.5, 0.6) is 0 Å². The molecule has 0 aliphatic heterocycles. The molecule has 0 saturated heterocycles. The molecule has 0 aromatic rings. The van der Waals surface area contributed by atoms with Crippen molar-refractivity contribution >= 4 is 13.7 Å². The highest BCUT2D eigenvalue weighted by molar-refractivity contribution is 7.47. The summed E-state index contributed by atoms with van der Waals surface area (Å²) < 4.78 is 23.6. The first-order valence-electron chi connectivity index (χ1n) is 23.7. The fourth-order valence-corrected chi connectivity index (χ4v) is 7.60. The van der Waals surface area contributed by atoms with Crippen LogP contribution in [0, 0.1) is 0 Å². The molecule has 0 aromatic carbocycles. The van der Waals surface area contributed by atoms with E-state index < -0.39 is 20.0 Å². The second-order valence-corrected chi connectivity index (χ2v) is 18.9. The first kappa shape index (κ1) is 55.0. The predicted octanol–water partition coefficient (Wildman–Crippen LogP) is 13.3. The van der Waals surface area contributed by atoms with Gasteiger partial charge in [-0.2, -0.15) is 0 Å². The lowest BCUT2D eigenvalue weighted by Crippen LogP contribution is -2.45. The van der Waals surface area contributed by atoms with Crippen molar-refractivity contribution in [3.8, 4) is 0 Å². The van der Waals surface area contributed by atoms with Crippen LogP contribution in [0.1, 0.15) is 219 Å². The zero-order valence-electron chi connectivity index (χ0n) is 37.6. The van der Waals surface area contributed by atoms with Crippen molar-refractivity contribution in [1.82, 2.24) is 5.32 Å². The van der Waals surface area contributed by atoms with E-state index in [4.69, 9.17) is 9.05 Å². The minimum atomic E-state index is -4.34. The summed E-state index contributed by atoms with van der Waals surface area (Å²) in [5.41, 5.74) is 0. The highest BCUT2D eigenvalue weighted by Crippen LogP contribution is 2.43. The van der Waals surface area contributed by atoms with Gasteiger partial charge >= 0.3 is 7.82 Å². The summed E-state index contributed by atoms with van der Waals surface area (Å²) in [6, 6.07) is -0.847. The summed E-state index contributed by atoms with van der Waals surface area (Å²) in [7, 11) is 1.57. The van der Waals surface area contributed by atoms with E-state index in [1.54, 1.807) is 6.08 Å². The van der Waals surface area contributed by atoms with Crippen LogP contribution < -0.4 is 5.32 Å². The monoisotopic (exact) mass is 814 g/mol. The lowest BCUT2D eigenvalue weighted by Gasteiger charge is -2.25. The second kappa shape index (κ2) is 39.4. The Bertz CT molecular complexity index is 969. The van der Waals surface area contributed by atoms with Crippen molar-refractivity contribution in [2.24, 2.45) is 0 Å². The number of hydrogen-bond acceptors (Lipinski definition) is 5. The number of aliphatic hydroxyl groups is 1. The van der Waals surface area contributed by atoms with Gasteiger partial charge in [-0.1, -0.05) is 192 Å². The molecular formula is C47H94N2O6P+. The summed E-state index contributed by atoms with van der Waals surface area (Å²) >= 11 is 0. The van der Waals surface area contributed by atoms with Gasteiger partial charge in [0.1, 0.15) is 13.2 Å². The third-order valence-electron chi connectivity index (χ3n) is 10.7. The summed E-state index contributed by atoms with van der Waals surface area (Å²) in [6.45, 7) is 4.80. The van der Waals surface area contributed by atoms with E-state index in [1.807, 2.05) is 27.2 Å². The number of phosphoric acid groups is 1. The van der Waals surface area contributed by atoms with Gasteiger partial charge in [-0.3, -0.25) is 13.8 Å². The van der Waals surface area contributed by atoms with Gasteiger partial charge in [-0.15, -0.1) is 0 Å². The van der Waals surface area contributed by atoms with E-state index in [0.717, 1.165) is 51.4 Å². The highest BCUT2D eigenvalue weighted by Gasteiger charge is 2.27. The van der Waals surface area contributed by atoms with E-state index in [1.165, 1.54) is 148 Å². The molecule has 0 fully saturated rings. The third kappa shape index (κ3) is 41.2. The average molecular weight is 814 g/mol. The van der Waals surface area contributed by atoms with Gasteiger partial charge in [0.05, 0.1) is 39.9 Å². The number of carbonyl (C=O) groups is 1. The van der Waals surface area contributed by atoms with Crippen molar-refractivity contribution in [2.75, 3.05) is 40.9 Å². The van der Waals surface area contributed by atoms with Gasteiger partial charge in [0.25, 0.3) is 0 Å². The Balaban J connectivity index is 4.34. The molecule has 0 aliphatic rings. The number of phosphoric ester groups is 1. The first-order valence-corrected chi connectivity index (χ1v) is 25.2. The topological polar surface area (TPSA) is 105 Å². The smallest absolute Gasteiger partial charge is 0.387 e. The van der Waals surface area contributed by atoms with Gasteiger partial charge in [-0.25, -0.2) is 4.57 Å². The summed E-state index contributed by atoms with van der Waals surface area (Å²) in [5.74, 6) is -0.186. The minimum absolute atomic E-state index is 0.0610. The second-order valence-electron chi connectivity index (χ2n) is 17.5. The standard InChI is InChI=1S/C47H93N2O6P/c1-6-8-10-12-14-16-18-20-21-22-23-24-25-26-27-29-30-32-34-36-38-40-46(50)45(44-55-56(52,53)54-43-42-49(3,4)5)48-47(51)41-39-37-35-33-31-28-19-17-15-13-11-9-7-2/h17,19,38,40,45-46,50H,6-16,18,20-37,39,41-44H2,1-5H3,(H-,48,51,52,53)/p+1/b19-17-,40-38+. The fraction of sp³-hybridized carbons (Fsp3) is 0.894. The maximum atomic E-state index is 12.9.